The molecular formula is C16H31NO2S. The lowest BCUT2D eigenvalue weighted by Crippen LogP contribution is -2.45. The molecule has 20 heavy (non-hydrogen) atoms. The van der Waals surface area contributed by atoms with E-state index in [1.807, 2.05) is 0 Å². The molecule has 1 saturated heterocycles. The van der Waals surface area contributed by atoms with Crippen LogP contribution in [0, 0.1) is 23.7 Å². The smallest absolute Gasteiger partial charge is 0.150 e. The topological polar surface area (TPSA) is 46.2 Å². The highest BCUT2D eigenvalue weighted by Gasteiger charge is 2.39. The molecule has 1 aliphatic heterocycles. The quantitative estimate of drug-likeness (QED) is 0.849. The van der Waals surface area contributed by atoms with Crippen molar-refractivity contribution in [2.24, 2.45) is 23.7 Å². The van der Waals surface area contributed by atoms with Crippen molar-refractivity contribution in [1.29, 1.82) is 0 Å². The van der Waals surface area contributed by atoms with Crippen LogP contribution in [-0.2, 0) is 9.84 Å². The van der Waals surface area contributed by atoms with Crippen molar-refractivity contribution in [3.8, 4) is 0 Å². The van der Waals surface area contributed by atoms with E-state index in [0.717, 1.165) is 31.2 Å². The van der Waals surface area contributed by atoms with E-state index in [1.165, 1.54) is 19.3 Å². The second-order valence-electron chi connectivity index (χ2n) is 7.17. The minimum absolute atomic E-state index is 0.345. The molecule has 1 aliphatic carbocycles. The summed E-state index contributed by atoms with van der Waals surface area (Å²) in [5, 5.41) is 3.69. The van der Waals surface area contributed by atoms with E-state index in [9.17, 15) is 8.42 Å². The molecule has 1 heterocycles. The standard InChI is InChI=1S/C16H31NO2S/c1-4-8-17-16(15-7-9-20(18,19)11-15)14-6-5-12(2)13(3)10-14/h12-17H,4-11H2,1-3H3. The Morgan fingerprint density at radius 1 is 1.10 bits per heavy atom. The van der Waals surface area contributed by atoms with Crippen molar-refractivity contribution in [3.63, 3.8) is 0 Å². The molecule has 5 atom stereocenters. The largest absolute Gasteiger partial charge is 0.313 e. The molecule has 1 N–H and O–H groups in total. The van der Waals surface area contributed by atoms with Gasteiger partial charge in [0.25, 0.3) is 0 Å². The molecule has 0 aromatic heterocycles. The first-order valence-corrected chi connectivity index (χ1v) is 10.2. The molecule has 1 saturated carbocycles. The molecule has 0 bridgehead atoms. The van der Waals surface area contributed by atoms with E-state index in [-0.39, 0.29) is 0 Å². The maximum Gasteiger partial charge on any atom is 0.150 e. The molecule has 3 nitrogen and oxygen atoms in total. The first-order chi connectivity index (χ1) is 9.43. The van der Waals surface area contributed by atoms with Gasteiger partial charge in [0, 0.05) is 6.04 Å². The summed E-state index contributed by atoms with van der Waals surface area (Å²) in [5.41, 5.74) is 0. The van der Waals surface area contributed by atoms with Crippen LogP contribution in [0.25, 0.3) is 0 Å². The zero-order valence-electron chi connectivity index (χ0n) is 13.3. The van der Waals surface area contributed by atoms with Gasteiger partial charge in [0.2, 0.25) is 0 Å². The Morgan fingerprint density at radius 3 is 2.40 bits per heavy atom. The van der Waals surface area contributed by atoms with Gasteiger partial charge in [-0.15, -0.1) is 0 Å². The van der Waals surface area contributed by atoms with Gasteiger partial charge in [-0.3, -0.25) is 0 Å². The predicted molar refractivity (Wildman–Crippen MR) is 84.5 cm³/mol. The lowest BCUT2D eigenvalue weighted by atomic mass is 9.70. The van der Waals surface area contributed by atoms with Crippen LogP contribution < -0.4 is 5.32 Å². The maximum absolute atomic E-state index is 11.8. The zero-order valence-corrected chi connectivity index (χ0v) is 14.1. The van der Waals surface area contributed by atoms with Gasteiger partial charge < -0.3 is 5.32 Å². The van der Waals surface area contributed by atoms with E-state index in [4.69, 9.17) is 0 Å². The first-order valence-electron chi connectivity index (χ1n) is 8.36. The van der Waals surface area contributed by atoms with Crippen molar-refractivity contribution in [3.05, 3.63) is 0 Å². The molecule has 0 aromatic carbocycles. The Hall–Kier alpha value is -0.0900. The summed E-state index contributed by atoms with van der Waals surface area (Å²) in [7, 11) is -2.77. The van der Waals surface area contributed by atoms with Crippen LogP contribution in [0.3, 0.4) is 0 Å². The van der Waals surface area contributed by atoms with Crippen LogP contribution in [-0.4, -0.2) is 32.5 Å². The Labute approximate surface area is 124 Å². The normalized spacial score (nSPS) is 38.8. The minimum atomic E-state index is -2.77. The Balaban J connectivity index is 2.03. The monoisotopic (exact) mass is 301 g/mol. The molecule has 0 aromatic rings. The third-order valence-corrected chi connectivity index (χ3v) is 7.35. The van der Waals surface area contributed by atoms with Crippen molar-refractivity contribution in [2.75, 3.05) is 18.1 Å². The van der Waals surface area contributed by atoms with Crippen LogP contribution in [0.2, 0.25) is 0 Å². The van der Waals surface area contributed by atoms with Crippen LogP contribution in [0.1, 0.15) is 52.9 Å². The fraction of sp³-hybridized carbons (Fsp3) is 1.00. The molecule has 2 rings (SSSR count). The zero-order chi connectivity index (χ0) is 14.8. The molecule has 0 spiro atoms. The van der Waals surface area contributed by atoms with Crippen LogP contribution in [0.4, 0.5) is 0 Å². The van der Waals surface area contributed by atoms with Crippen molar-refractivity contribution in [2.45, 2.75) is 58.9 Å². The number of hydrogen-bond acceptors (Lipinski definition) is 3. The fourth-order valence-electron chi connectivity index (χ4n) is 4.05. The number of hydrogen-bond donors (Lipinski definition) is 1. The Kier molecular flexibility index (Phi) is 5.52. The van der Waals surface area contributed by atoms with Gasteiger partial charge in [-0.2, -0.15) is 0 Å². The average molecular weight is 301 g/mol. The van der Waals surface area contributed by atoms with Gasteiger partial charge in [-0.1, -0.05) is 27.2 Å². The predicted octanol–water partition coefficient (Wildman–Crippen LogP) is 2.86. The molecule has 2 fully saturated rings. The Bertz CT molecular complexity index is 407. The third-order valence-electron chi connectivity index (χ3n) is 5.55. The van der Waals surface area contributed by atoms with E-state index in [1.54, 1.807) is 0 Å². The highest BCUT2D eigenvalue weighted by Crippen LogP contribution is 2.38. The van der Waals surface area contributed by atoms with E-state index in [0.29, 0.717) is 29.4 Å². The number of nitrogens with one attached hydrogen (secondary N) is 1. The fourth-order valence-corrected chi connectivity index (χ4v) is 5.91. The van der Waals surface area contributed by atoms with Gasteiger partial charge in [0.05, 0.1) is 11.5 Å². The van der Waals surface area contributed by atoms with Gasteiger partial charge in [-0.25, -0.2) is 8.42 Å². The molecule has 0 amide bonds. The van der Waals surface area contributed by atoms with Gasteiger partial charge >= 0.3 is 0 Å². The van der Waals surface area contributed by atoms with Crippen LogP contribution in [0.15, 0.2) is 0 Å². The van der Waals surface area contributed by atoms with Crippen molar-refractivity contribution < 1.29 is 8.42 Å². The molecular weight excluding hydrogens is 270 g/mol. The summed E-state index contributed by atoms with van der Waals surface area (Å²) in [6.45, 7) is 7.91. The molecule has 2 aliphatic rings. The molecule has 0 radical (unpaired) electrons. The molecule has 4 heteroatoms. The summed E-state index contributed by atoms with van der Waals surface area (Å²) < 4.78 is 23.6. The second kappa shape index (κ2) is 6.78. The Morgan fingerprint density at radius 2 is 1.85 bits per heavy atom. The van der Waals surface area contributed by atoms with Gasteiger partial charge in [0.15, 0.2) is 9.84 Å². The van der Waals surface area contributed by atoms with Gasteiger partial charge in [0.1, 0.15) is 0 Å². The van der Waals surface area contributed by atoms with Gasteiger partial charge in [-0.05, 0) is 55.9 Å². The van der Waals surface area contributed by atoms with E-state index >= 15 is 0 Å². The third kappa shape index (κ3) is 3.97. The first kappa shape index (κ1) is 16.3. The van der Waals surface area contributed by atoms with Crippen molar-refractivity contribution >= 4 is 9.84 Å². The number of sulfone groups is 1. The number of rotatable bonds is 5. The van der Waals surface area contributed by atoms with E-state index < -0.39 is 9.84 Å². The second-order valence-corrected chi connectivity index (χ2v) is 9.40. The SMILES string of the molecule is CCCNC(C1CCC(C)C(C)C1)C1CCS(=O)(=O)C1. The van der Waals surface area contributed by atoms with Crippen LogP contribution in [0.5, 0.6) is 0 Å². The summed E-state index contributed by atoms with van der Waals surface area (Å²) in [4.78, 5) is 0. The highest BCUT2D eigenvalue weighted by molar-refractivity contribution is 7.91. The average Bonchev–Trinajstić information content (AvgIpc) is 2.74. The van der Waals surface area contributed by atoms with Crippen LogP contribution >= 0.6 is 0 Å². The summed E-state index contributed by atoms with van der Waals surface area (Å²) in [6.07, 6.45) is 5.82. The lowest BCUT2D eigenvalue weighted by molar-refractivity contribution is 0.146. The minimum Gasteiger partial charge on any atom is -0.313 e. The lowest BCUT2D eigenvalue weighted by Gasteiger charge is -2.39. The van der Waals surface area contributed by atoms with Crippen molar-refractivity contribution in [1.82, 2.24) is 5.32 Å². The summed E-state index contributed by atoms with van der Waals surface area (Å²) >= 11 is 0. The molecule has 5 unspecified atom stereocenters. The summed E-state index contributed by atoms with van der Waals surface area (Å²) in [6, 6.07) is 0.419. The molecule has 118 valence electrons. The maximum atomic E-state index is 11.8. The van der Waals surface area contributed by atoms with E-state index in [2.05, 4.69) is 26.1 Å². The summed E-state index contributed by atoms with van der Waals surface area (Å²) in [5.74, 6) is 3.43. The highest BCUT2D eigenvalue weighted by atomic mass is 32.2.